The Hall–Kier alpha value is -0.0800. The molecule has 0 bridgehead atoms. The fourth-order valence-electron chi connectivity index (χ4n) is 3.35. The first-order valence-corrected chi connectivity index (χ1v) is 7.67. The van der Waals surface area contributed by atoms with Crippen LogP contribution >= 0.6 is 0 Å². The van der Waals surface area contributed by atoms with E-state index < -0.39 is 0 Å². The minimum atomic E-state index is 0.347. The smallest absolute Gasteiger partial charge is 0.0126 e. The topological polar surface area (TPSA) is 6.48 Å². The zero-order valence-corrected chi connectivity index (χ0v) is 13.3. The second kappa shape index (κ2) is 4.79. The summed E-state index contributed by atoms with van der Waals surface area (Å²) in [5.74, 6) is 0.947. The van der Waals surface area contributed by atoms with Gasteiger partial charge in [0.25, 0.3) is 0 Å². The van der Waals surface area contributed by atoms with E-state index in [1.165, 1.54) is 39.0 Å². The molecule has 1 heterocycles. The lowest BCUT2D eigenvalue weighted by atomic mass is 9.65. The van der Waals surface area contributed by atoms with Crippen molar-refractivity contribution in [2.45, 2.75) is 66.0 Å². The van der Waals surface area contributed by atoms with Gasteiger partial charge in [-0.15, -0.1) is 0 Å². The summed E-state index contributed by atoms with van der Waals surface area (Å²) in [7, 11) is 0. The maximum Gasteiger partial charge on any atom is 0.0126 e. The first-order chi connectivity index (χ1) is 8.18. The largest absolute Gasteiger partial charge is 0.298 e. The third kappa shape index (κ3) is 3.08. The van der Waals surface area contributed by atoms with Gasteiger partial charge in [-0.2, -0.15) is 0 Å². The van der Waals surface area contributed by atoms with Crippen LogP contribution in [0.15, 0.2) is 0 Å². The van der Waals surface area contributed by atoms with E-state index in [1.54, 1.807) is 0 Å². The molecule has 106 valence electrons. The lowest BCUT2D eigenvalue weighted by Crippen LogP contribution is -2.58. The molecule has 0 atom stereocenters. The minimum Gasteiger partial charge on any atom is -0.298 e. The summed E-state index contributed by atoms with van der Waals surface area (Å²) in [5, 5.41) is 0. The zero-order chi connectivity index (χ0) is 13.6. The summed E-state index contributed by atoms with van der Waals surface area (Å²) in [6.45, 7) is 19.2. The Morgan fingerprint density at radius 2 is 1.28 bits per heavy atom. The lowest BCUT2D eigenvalue weighted by Gasteiger charge is -2.51. The van der Waals surface area contributed by atoms with Gasteiger partial charge < -0.3 is 0 Å². The number of hydrogen-bond acceptors (Lipinski definition) is 2. The number of hydrogen-bond donors (Lipinski definition) is 0. The molecule has 1 aliphatic carbocycles. The molecule has 2 fully saturated rings. The van der Waals surface area contributed by atoms with Gasteiger partial charge in [0.05, 0.1) is 0 Å². The van der Waals surface area contributed by atoms with Crippen LogP contribution in [0.3, 0.4) is 0 Å². The molecule has 0 N–H and O–H groups in total. The maximum atomic E-state index is 2.74. The lowest BCUT2D eigenvalue weighted by molar-refractivity contribution is -0.0202. The Morgan fingerprint density at radius 1 is 0.778 bits per heavy atom. The van der Waals surface area contributed by atoms with Crippen LogP contribution in [0, 0.1) is 11.3 Å². The molecule has 1 saturated carbocycles. The predicted octanol–water partition coefficient (Wildman–Crippen LogP) is 3.23. The highest BCUT2D eigenvalue weighted by Gasteiger charge is 2.41. The molecule has 0 unspecified atom stereocenters. The molecule has 1 saturated heterocycles. The van der Waals surface area contributed by atoms with E-state index in [-0.39, 0.29) is 0 Å². The molecule has 2 aliphatic rings. The van der Waals surface area contributed by atoms with E-state index in [2.05, 4.69) is 51.3 Å². The van der Waals surface area contributed by atoms with Crippen LogP contribution < -0.4 is 0 Å². The van der Waals surface area contributed by atoms with E-state index >= 15 is 0 Å². The van der Waals surface area contributed by atoms with E-state index in [4.69, 9.17) is 0 Å². The fraction of sp³-hybridized carbons (Fsp3) is 1.00. The first-order valence-electron chi connectivity index (χ1n) is 7.67. The van der Waals surface area contributed by atoms with Gasteiger partial charge >= 0.3 is 0 Å². The number of nitrogens with zero attached hydrogens (tertiary/aromatic N) is 2. The maximum absolute atomic E-state index is 2.74. The predicted molar refractivity (Wildman–Crippen MR) is 78.9 cm³/mol. The van der Waals surface area contributed by atoms with Crippen LogP contribution in [0.2, 0.25) is 0 Å². The molecule has 18 heavy (non-hydrogen) atoms. The molecular formula is C16H32N2. The molecule has 0 spiro atoms. The third-order valence-corrected chi connectivity index (χ3v) is 5.12. The van der Waals surface area contributed by atoms with Crippen LogP contribution in [0.4, 0.5) is 0 Å². The van der Waals surface area contributed by atoms with E-state index in [9.17, 15) is 0 Å². The highest BCUT2D eigenvalue weighted by molar-refractivity contribution is 4.94. The summed E-state index contributed by atoms with van der Waals surface area (Å²) in [4.78, 5) is 5.37. The van der Waals surface area contributed by atoms with Crippen molar-refractivity contribution in [1.29, 1.82) is 0 Å². The van der Waals surface area contributed by atoms with Gasteiger partial charge in [0.1, 0.15) is 0 Å². The summed E-state index contributed by atoms with van der Waals surface area (Å²) in [6, 6.07) is 0.886. The Kier molecular flexibility index (Phi) is 3.81. The van der Waals surface area contributed by atoms with Gasteiger partial charge in [0, 0.05) is 37.8 Å². The van der Waals surface area contributed by atoms with Crippen LogP contribution in [0.25, 0.3) is 0 Å². The van der Waals surface area contributed by atoms with Crippen molar-refractivity contribution < 1.29 is 0 Å². The number of rotatable bonds is 1. The summed E-state index contributed by atoms with van der Waals surface area (Å²) >= 11 is 0. The Balaban J connectivity index is 1.76. The quantitative estimate of drug-likeness (QED) is 0.707. The molecular weight excluding hydrogens is 220 g/mol. The van der Waals surface area contributed by atoms with Crippen molar-refractivity contribution in [3.8, 4) is 0 Å². The van der Waals surface area contributed by atoms with Crippen molar-refractivity contribution in [1.82, 2.24) is 9.80 Å². The van der Waals surface area contributed by atoms with Gasteiger partial charge in [-0.1, -0.05) is 20.8 Å². The second-order valence-corrected chi connectivity index (χ2v) is 8.38. The molecule has 0 aromatic carbocycles. The molecule has 0 amide bonds. The molecule has 0 radical (unpaired) electrons. The molecule has 0 aromatic heterocycles. The van der Waals surface area contributed by atoms with Gasteiger partial charge in [0.15, 0.2) is 0 Å². The fourth-order valence-corrected chi connectivity index (χ4v) is 3.35. The monoisotopic (exact) mass is 252 g/mol. The van der Waals surface area contributed by atoms with Crippen LogP contribution in [0.5, 0.6) is 0 Å². The SMILES string of the molecule is CC(C)(C)C1CC(N2CCN(C(C)(C)C)CC2)C1. The number of piperazine rings is 1. The van der Waals surface area contributed by atoms with Crippen LogP contribution in [-0.2, 0) is 0 Å². The molecule has 2 rings (SSSR count). The Labute approximate surface area is 114 Å². The second-order valence-electron chi connectivity index (χ2n) is 8.38. The first kappa shape index (κ1) is 14.3. The highest BCUT2D eigenvalue weighted by atomic mass is 15.3. The standard InChI is InChI=1S/C16H32N2/c1-15(2,3)13-11-14(12-13)17-7-9-18(10-8-17)16(4,5)6/h13-14H,7-12H2,1-6H3. The molecule has 2 heteroatoms. The van der Waals surface area contributed by atoms with Crippen LogP contribution in [0.1, 0.15) is 54.4 Å². The third-order valence-electron chi connectivity index (χ3n) is 5.12. The van der Waals surface area contributed by atoms with Gasteiger partial charge in [-0.25, -0.2) is 0 Å². The molecule has 0 aromatic rings. The summed E-state index contributed by atoms with van der Waals surface area (Å²) in [5.41, 5.74) is 0.864. The zero-order valence-electron chi connectivity index (χ0n) is 13.3. The van der Waals surface area contributed by atoms with Crippen molar-refractivity contribution in [3.05, 3.63) is 0 Å². The average Bonchev–Trinajstić information content (AvgIpc) is 2.12. The van der Waals surface area contributed by atoms with Crippen molar-refractivity contribution >= 4 is 0 Å². The minimum absolute atomic E-state index is 0.347. The van der Waals surface area contributed by atoms with Gasteiger partial charge in [0.2, 0.25) is 0 Å². The van der Waals surface area contributed by atoms with Crippen molar-refractivity contribution in [2.75, 3.05) is 26.2 Å². The van der Waals surface area contributed by atoms with Crippen molar-refractivity contribution in [2.24, 2.45) is 11.3 Å². The molecule has 2 nitrogen and oxygen atoms in total. The van der Waals surface area contributed by atoms with E-state index in [0.29, 0.717) is 11.0 Å². The van der Waals surface area contributed by atoms with Crippen LogP contribution in [-0.4, -0.2) is 47.6 Å². The highest BCUT2D eigenvalue weighted by Crippen LogP contribution is 2.43. The normalized spacial score (nSPS) is 32.3. The van der Waals surface area contributed by atoms with Gasteiger partial charge in [-0.05, 0) is 44.9 Å². The van der Waals surface area contributed by atoms with E-state index in [1.807, 2.05) is 0 Å². The Morgan fingerprint density at radius 3 is 1.67 bits per heavy atom. The Bertz CT molecular complexity index is 270. The van der Waals surface area contributed by atoms with E-state index in [0.717, 1.165) is 12.0 Å². The van der Waals surface area contributed by atoms with Crippen molar-refractivity contribution in [3.63, 3.8) is 0 Å². The summed E-state index contributed by atoms with van der Waals surface area (Å²) in [6.07, 6.45) is 2.86. The average molecular weight is 252 g/mol. The van der Waals surface area contributed by atoms with Gasteiger partial charge in [-0.3, -0.25) is 9.80 Å². The molecule has 1 aliphatic heterocycles. The summed E-state index contributed by atoms with van der Waals surface area (Å²) < 4.78 is 0.